The number of nitrogens with zero attached hydrogens (tertiary/aromatic N) is 3. The maximum atomic E-state index is 12.4. The highest BCUT2D eigenvalue weighted by Crippen LogP contribution is 2.28. The van der Waals surface area contributed by atoms with Crippen LogP contribution in [0.25, 0.3) is 22.2 Å². The molecule has 0 radical (unpaired) electrons. The van der Waals surface area contributed by atoms with Crippen LogP contribution in [0, 0.1) is 0 Å². The minimum absolute atomic E-state index is 0.419. The zero-order chi connectivity index (χ0) is 18.0. The van der Waals surface area contributed by atoms with Crippen molar-refractivity contribution in [1.29, 1.82) is 0 Å². The second-order valence-electron chi connectivity index (χ2n) is 5.80. The first-order chi connectivity index (χ1) is 12.0. The van der Waals surface area contributed by atoms with Crippen molar-refractivity contribution in [2.75, 3.05) is 17.8 Å². The van der Waals surface area contributed by atoms with Crippen molar-refractivity contribution in [3.63, 3.8) is 0 Å². The quantitative estimate of drug-likeness (QED) is 0.735. The van der Waals surface area contributed by atoms with Crippen molar-refractivity contribution in [2.45, 2.75) is 13.8 Å². The van der Waals surface area contributed by atoms with Gasteiger partial charge in [0, 0.05) is 42.8 Å². The molecule has 0 aliphatic heterocycles. The van der Waals surface area contributed by atoms with E-state index in [2.05, 4.69) is 32.5 Å². The summed E-state index contributed by atoms with van der Waals surface area (Å²) in [6.07, 6.45) is 3.26. The molecular formula is C18H22N4O2S. The van der Waals surface area contributed by atoms with Crippen LogP contribution in [0.2, 0.25) is 0 Å². The zero-order valence-corrected chi connectivity index (χ0v) is 15.4. The number of fused-ring (bicyclic) bond motifs is 1. The van der Waals surface area contributed by atoms with Crippen LogP contribution in [0.4, 0.5) is 5.69 Å². The molecule has 2 aromatic heterocycles. The molecule has 2 heterocycles. The van der Waals surface area contributed by atoms with E-state index in [1.165, 1.54) is 10.5 Å². The molecule has 0 saturated carbocycles. The number of benzene rings is 1. The van der Waals surface area contributed by atoms with E-state index in [-0.39, 0.29) is 0 Å². The Labute approximate surface area is 148 Å². The van der Waals surface area contributed by atoms with E-state index in [1.807, 2.05) is 39.1 Å². The van der Waals surface area contributed by atoms with E-state index in [1.54, 1.807) is 6.20 Å². The Bertz CT molecular complexity index is 991. The highest BCUT2D eigenvalue weighted by atomic mass is 32.2. The molecule has 0 aliphatic rings. The van der Waals surface area contributed by atoms with Crippen LogP contribution in [0.1, 0.15) is 13.8 Å². The molecule has 132 valence electrons. The summed E-state index contributed by atoms with van der Waals surface area (Å²) in [5.41, 5.74) is 3.41. The Morgan fingerprint density at radius 2 is 1.84 bits per heavy atom. The lowest BCUT2D eigenvalue weighted by atomic mass is 10.2. The number of hydrogen-bond donors (Lipinski definition) is 1. The van der Waals surface area contributed by atoms with E-state index >= 15 is 0 Å². The lowest BCUT2D eigenvalue weighted by Gasteiger charge is -2.19. The van der Waals surface area contributed by atoms with Gasteiger partial charge in [-0.2, -0.15) is 12.7 Å². The molecule has 0 amide bonds. The van der Waals surface area contributed by atoms with Gasteiger partial charge in [0.25, 0.3) is 0 Å². The lowest BCUT2D eigenvalue weighted by molar-refractivity contribution is 0.449. The summed E-state index contributed by atoms with van der Waals surface area (Å²) in [5, 5.41) is 1.13. The van der Waals surface area contributed by atoms with Gasteiger partial charge in [0.2, 0.25) is 0 Å². The fourth-order valence-electron chi connectivity index (χ4n) is 2.98. The first kappa shape index (κ1) is 17.4. The number of hydrogen-bond acceptors (Lipinski definition) is 3. The van der Waals surface area contributed by atoms with E-state index < -0.39 is 10.2 Å². The smallest absolute Gasteiger partial charge is 0.301 e. The summed E-state index contributed by atoms with van der Waals surface area (Å²) in [7, 11) is -1.58. The normalized spacial score (nSPS) is 12.0. The van der Waals surface area contributed by atoms with Crippen molar-refractivity contribution in [3.8, 4) is 11.3 Å². The van der Waals surface area contributed by atoms with Gasteiger partial charge in [0.05, 0.1) is 17.6 Å². The van der Waals surface area contributed by atoms with Gasteiger partial charge >= 0.3 is 10.2 Å². The molecular weight excluding hydrogens is 336 g/mol. The largest absolute Gasteiger partial charge is 0.344 e. The van der Waals surface area contributed by atoms with Crippen molar-refractivity contribution < 1.29 is 8.42 Å². The summed E-state index contributed by atoms with van der Waals surface area (Å²) in [6, 6.07) is 12.0. The first-order valence-corrected chi connectivity index (χ1v) is 9.68. The highest BCUT2D eigenvalue weighted by Gasteiger charge is 2.19. The monoisotopic (exact) mass is 358 g/mol. The number of aryl methyl sites for hydroxylation is 1. The van der Waals surface area contributed by atoms with E-state index in [4.69, 9.17) is 0 Å². The average molecular weight is 358 g/mol. The number of aromatic nitrogens is 2. The van der Waals surface area contributed by atoms with Crippen molar-refractivity contribution in [1.82, 2.24) is 13.9 Å². The Kier molecular flexibility index (Phi) is 4.78. The Balaban J connectivity index is 1.98. The summed E-state index contributed by atoms with van der Waals surface area (Å²) in [6.45, 7) is 4.46. The second-order valence-corrected chi connectivity index (χ2v) is 7.47. The predicted molar refractivity (Wildman–Crippen MR) is 102 cm³/mol. The van der Waals surface area contributed by atoms with Crippen LogP contribution in [0.5, 0.6) is 0 Å². The van der Waals surface area contributed by atoms with Crippen LogP contribution in [0.15, 0.2) is 48.8 Å². The Morgan fingerprint density at radius 1 is 1.12 bits per heavy atom. The van der Waals surface area contributed by atoms with Gasteiger partial charge in [-0.05, 0) is 18.2 Å². The van der Waals surface area contributed by atoms with Crippen molar-refractivity contribution >= 4 is 26.8 Å². The van der Waals surface area contributed by atoms with Crippen LogP contribution < -0.4 is 4.72 Å². The van der Waals surface area contributed by atoms with Crippen LogP contribution in [-0.2, 0) is 17.3 Å². The third-order valence-corrected chi connectivity index (χ3v) is 5.97. The molecule has 0 atom stereocenters. The molecule has 7 heteroatoms. The topological polar surface area (TPSA) is 67.2 Å². The van der Waals surface area contributed by atoms with Gasteiger partial charge in [-0.3, -0.25) is 9.71 Å². The maximum Gasteiger partial charge on any atom is 0.301 e. The van der Waals surface area contributed by atoms with Gasteiger partial charge in [-0.25, -0.2) is 0 Å². The third kappa shape index (κ3) is 3.38. The molecule has 1 N–H and O–H groups in total. The third-order valence-electron chi connectivity index (χ3n) is 4.28. The molecule has 3 rings (SSSR count). The standard InChI is InChI=1S/C18H22N4O2S/c1-4-22(5-2)25(23,24)20-16-10-15(12-19-13-16)18-11-14-8-6-7-9-17(14)21(18)3/h6-13,20H,4-5H2,1-3H3. The predicted octanol–water partition coefficient (Wildman–Crippen LogP) is 3.24. The van der Waals surface area contributed by atoms with Crippen LogP contribution >= 0.6 is 0 Å². The van der Waals surface area contributed by atoms with E-state index in [0.29, 0.717) is 18.8 Å². The SMILES string of the molecule is CCN(CC)S(=O)(=O)Nc1cncc(-c2cc3ccccc3n2C)c1. The molecule has 0 bridgehead atoms. The minimum Gasteiger partial charge on any atom is -0.344 e. The summed E-state index contributed by atoms with van der Waals surface area (Å²) in [4.78, 5) is 4.21. The Hall–Kier alpha value is -2.38. The summed E-state index contributed by atoms with van der Waals surface area (Å²) in [5.74, 6) is 0. The van der Waals surface area contributed by atoms with Crippen molar-refractivity contribution in [3.05, 3.63) is 48.8 Å². The fourth-order valence-corrected chi connectivity index (χ4v) is 4.20. The molecule has 0 unspecified atom stereocenters. The van der Waals surface area contributed by atoms with Crippen molar-refractivity contribution in [2.24, 2.45) is 7.05 Å². The molecule has 0 aliphatic carbocycles. The second kappa shape index (κ2) is 6.85. The molecule has 0 saturated heterocycles. The van der Waals surface area contributed by atoms with Gasteiger partial charge in [0.1, 0.15) is 0 Å². The Morgan fingerprint density at radius 3 is 2.52 bits per heavy atom. The maximum absolute atomic E-state index is 12.4. The fraction of sp³-hybridized carbons (Fsp3) is 0.278. The van der Waals surface area contributed by atoms with Crippen LogP contribution in [-0.4, -0.2) is 35.4 Å². The van der Waals surface area contributed by atoms with E-state index in [0.717, 1.165) is 22.2 Å². The summed E-state index contributed by atoms with van der Waals surface area (Å²) >= 11 is 0. The molecule has 3 aromatic rings. The molecule has 25 heavy (non-hydrogen) atoms. The van der Waals surface area contributed by atoms with Gasteiger partial charge in [-0.15, -0.1) is 0 Å². The van der Waals surface area contributed by atoms with Gasteiger partial charge in [-0.1, -0.05) is 32.0 Å². The number of para-hydroxylation sites is 1. The number of rotatable bonds is 6. The molecule has 0 spiro atoms. The lowest BCUT2D eigenvalue weighted by Crippen LogP contribution is -2.35. The van der Waals surface area contributed by atoms with Crippen LogP contribution in [0.3, 0.4) is 0 Å². The number of pyridine rings is 1. The van der Waals surface area contributed by atoms with E-state index in [9.17, 15) is 8.42 Å². The van der Waals surface area contributed by atoms with Gasteiger partial charge < -0.3 is 4.57 Å². The minimum atomic E-state index is -3.57. The number of nitrogens with one attached hydrogen (secondary N) is 1. The summed E-state index contributed by atoms with van der Waals surface area (Å²) < 4.78 is 30.9. The molecule has 1 aromatic carbocycles. The zero-order valence-electron chi connectivity index (χ0n) is 14.6. The van der Waals surface area contributed by atoms with Gasteiger partial charge in [0.15, 0.2) is 0 Å². The highest BCUT2D eigenvalue weighted by molar-refractivity contribution is 7.90. The average Bonchev–Trinajstić information content (AvgIpc) is 2.93. The number of anilines is 1. The first-order valence-electron chi connectivity index (χ1n) is 8.24. The molecule has 6 nitrogen and oxygen atoms in total. The molecule has 0 fully saturated rings.